The molecule has 1 aromatic carbocycles. The summed E-state index contributed by atoms with van der Waals surface area (Å²) in [6.07, 6.45) is 1.28. The predicted molar refractivity (Wildman–Crippen MR) is 95.4 cm³/mol. The summed E-state index contributed by atoms with van der Waals surface area (Å²) >= 11 is 1.44. The van der Waals surface area contributed by atoms with Crippen LogP contribution >= 0.6 is 11.8 Å². The molecule has 0 unspecified atom stereocenters. The van der Waals surface area contributed by atoms with Crippen LogP contribution in [0, 0.1) is 6.92 Å². The Labute approximate surface area is 152 Å². The van der Waals surface area contributed by atoms with Crippen molar-refractivity contribution in [1.29, 1.82) is 0 Å². The van der Waals surface area contributed by atoms with E-state index in [2.05, 4.69) is 21.5 Å². The lowest BCUT2D eigenvalue weighted by atomic mass is 10.2. The molecule has 0 saturated heterocycles. The predicted octanol–water partition coefficient (Wildman–Crippen LogP) is 1.85. The molecular formula is C17H16N4O4S. The molecule has 3 rings (SSSR count). The van der Waals surface area contributed by atoms with Gasteiger partial charge in [-0.1, -0.05) is 29.8 Å². The Bertz CT molecular complexity index is 986. The van der Waals surface area contributed by atoms with Crippen molar-refractivity contribution < 1.29 is 19.8 Å². The number of carbonyl (C=O) groups is 2. The molecule has 2 aromatic heterocycles. The van der Waals surface area contributed by atoms with Gasteiger partial charge >= 0.3 is 5.97 Å². The van der Waals surface area contributed by atoms with Crippen molar-refractivity contribution in [2.45, 2.75) is 17.7 Å². The SMILES string of the molecule is Cc1cccc(CSc2cc(O)c(C(=O)NCC(=O)O)c3ncnn23)c1. The highest BCUT2D eigenvalue weighted by atomic mass is 32.2. The van der Waals surface area contributed by atoms with Crippen molar-refractivity contribution in [3.8, 4) is 5.75 Å². The number of carboxylic acids is 1. The second kappa shape index (κ2) is 7.44. The summed E-state index contributed by atoms with van der Waals surface area (Å²) in [4.78, 5) is 26.8. The van der Waals surface area contributed by atoms with E-state index in [0.29, 0.717) is 10.8 Å². The fraction of sp³-hybridized carbons (Fsp3) is 0.176. The van der Waals surface area contributed by atoms with E-state index >= 15 is 0 Å². The molecule has 8 nitrogen and oxygen atoms in total. The Hall–Kier alpha value is -3.07. The van der Waals surface area contributed by atoms with Crippen LogP contribution in [0.25, 0.3) is 5.65 Å². The van der Waals surface area contributed by atoms with Crippen molar-refractivity contribution in [3.63, 3.8) is 0 Å². The summed E-state index contributed by atoms with van der Waals surface area (Å²) in [6, 6.07) is 9.49. The number of carbonyl (C=O) groups excluding carboxylic acids is 1. The number of benzene rings is 1. The summed E-state index contributed by atoms with van der Waals surface area (Å²) in [5.41, 5.74) is 2.33. The van der Waals surface area contributed by atoms with Crippen molar-refractivity contribution >= 4 is 29.3 Å². The van der Waals surface area contributed by atoms with Crippen LogP contribution < -0.4 is 5.32 Å². The number of amides is 1. The highest BCUT2D eigenvalue weighted by molar-refractivity contribution is 7.98. The Morgan fingerprint density at radius 1 is 1.31 bits per heavy atom. The molecule has 134 valence electrons. The average Bonchev–Trinajstić information content (AvgIpc) is 3.07. The van der Waals surface area contributed by atoms with Crippen molar-refractivity contribution in [2.75, 3.05) is 6.54 Å². The number of aromatic nitrogens is 3. The lowest BCUT2D eigenvalue weighted by Crippen LogP contribution is -2.29. The number of pyridine rings is 1. The number of fused-ring (bicyclic) bond motifs is 1. The molecule has 3 aromatic rings. The van der Waals surface area contributed by atoms with Gasteiger partial charge in [-0.3, -0.25) is 9.59 Å². The minimum atomic E-state index is -1.18. The molecule has 0 saturated carbocycles. The Balaban J connectivity index is 1.89. The number of aliphatic carboxylic acids is 1. The highest BCUT2D eigenvalue weighted by Gasteiger charge is 2.21. The van der Waals surface area contributed by atoms with E-state index in [-0.39, 0.29) is 17.0 Å². The first kappa shape index (κ1) is 17.7. The molecule has 0 spiro atoms. The number of thioether (sulfide) groups is 1. The summed E-state index contributed by atoms with van der Waals surface area (Å²) in [5, 5.41) is 25.9. The van der Waals surface area contributed by atoms with Crippen LogP contribution in [0.5, 0.6) is 5.75 Å². The van der Waals surface area contributed by atoms with Crippen LogP contribution in [0.2, 0.25) is 0 Å². The van der Waals surface area contributed by atoms with Gasteiger partial charge in [-0.2, -0.15) is 5.10 Å². The van der Waals surface area contributed by atoms with Crippen LogP contribution in [0.4, 0.5) is 0 Å². The van der Waals surface area contributed by atoms with Gasteiger partial charge in [0.15, 0.2) is 5.65 Å². The van der Waals surface area contributed by atoms with Crippen molar-refractivity contribution in [2.24, 2.45) is 0 Å². The van der Waals surface area contributed by atoms with Crippen LogP contribution in [0.15, 0.2) is 41.7 Å². The Morgan fingerprint density at radius 3 is 2.85 bits per heavy atom. The van der Waals surface area contributed by atoms with E-state index in [4.69, 9.17) is 5.11 Å². The van der Waals surface area contributed by atoms with Gasteiger partial charge in [0.05, 0.1) is 0 Å². The number of aromatic hydroxyl groups is 1. The summed E-state index contributed by atoms with van der Waals surface area (Å²) in [6.45, 7) is 1.46. The topological polar surface area (TPSA) is 117 Å². The third-order valence-corrected chi connectivity index (χ3v) is 4.66. The first-order valence-corrected chi connectivity index (χ1v) is 8.68. The van der Waals surface area contributed by atoms with Gasteiger partial charge in [-0.25, -0.2) is 9.50 Å². The average molecular weight is 372 g/mol. The summed E-state index contributed by atoms with van der Waals surface area (Å²) in [5.74, 6) is -1.53. The minimum Gasteiger partial charge on any atom is -0.507 e. The Kier molecular flexibility index (Phi) is 5.08. The fourth-order valence-corrected chi connectivity index (χ4v) is 3.41. The van der Waals surface area contributed by atoms with Gasteiger partial charge in [-0.05, 0) is 12.5 Å². The molecule has 0 atom stereocenters. The van der Waals surface area contributed by atoms with E-state index in [1.54, 1.807) is 0 Å². The normalized spacial score (nSPS) is 10.8. The zero-order valence-corrected chi connectivity index (χ0v) is 14.7. The van der Waals surface area contributed by atoms with E-state index in [1.165, 1.54) is 28.7 Å². The van der Waals surface area contributed by atoms with Crippen LogP contribution in [0.1, 0.15) is 21.5 Å². The molecule has 0 aliphatic heterocycles. The number of aryl methyl sites for hydroxylation is 1. The number of nitrogens with one attached hydrogen (secondary N) is 1. The largest absolute Gasteiger partial charge is 0.507 e. The molecule has 3 N–H and O–H groups in total. The lowest BCUT2D eigenvalue weighted by molar-refractivity contribution is -0.135. The molecule has 2 heterocycles. The lowest BCUT2D eigenvalue weighted by Gasteiger charge is -2.10. The second-order valence-corrected chi connectivity index (χ2v) is 6.59. The zero-order valence-electron chi connectivity index (χ0n) is 13.8. The minimum absolute atomic E-state index is 0.108. The van der Waals surface area contributed by atoms with Gasteiger partial charge in [0.1, 0.15) is 29.2 Å². The molecule has 0 fully saturated rings. The summed E-state index contributed by atoms with van der Waals surface area (Å²) in [7, 11) is 0. The van der Waals surface area contributed by atoms with Crippen molar-refractivity contribution in [3.05, 3.63) is 53.3 Å². The van der Waals surface area contributed by atoms with Gasteiger partial charge in [-0.15, -0.1) is 11.8 Å². The zero-order chi connectivity index (χ0) is 18.7. The number of nitrogens with zero attached hydrogens (tertiary/aromatic N) is 3. The standard InChI is InChI=1S/C17H16N4O4S/c1-10-3-2-4-11(5-10)8-26-13-6-12(22)15(16-19-9-20-21(13)16)17(25)18-7-14(23)24/h2-6,9,22H,7-8H2,1H3,(H,18,25)(H,23,24). The number of rotatable bonds is 6. The molecule has 0 radical (unpaired) electrons. The maximum atomic E-state index is 12.2. The molecule has 9 heteroatoms. The van der Waals surface area contributed by atoms with Crippen molar-refractivity contribution in [1.82, 2.24) is 19.9 Å². The third-order valence-electron chi connectivity index (χ3n) is 3.59. The van der Waals surface area contributed by atoms with Crippen LogP contribution in [0.3, 0.4) is 0 Å². The van der Waals surface area contributed by atoms with Crippen LogP contribution in [-0.2, 0) is 10.5 Å². The number of hydrogen-bond acceptors (Lipinski definition) is 6. The molecule has 0 aliphatic rings. The van der Waals surface area contributed by atoms with E-state index in [1.807, 2.05) is 25.1 Å². The van der Waals surface area contributed by atoms with E-state index in [9.17, 15) is 14.7 Å². The monoisotopic (exact) mass is 372 g/mol. The summed E-state index contributed by atoms with van der Waals surface area (Å²) < 4.78 is 1.45. The number of hydrogen-bond donors (Lipinski definition) is 3. The molecule has 26 heavy (non-hydrogen) atoms. The maximum Gasteiger partial charge on any atom is 0.322 e. The van der Waals surface area contributed by atoms with Crippen LogP contribution in [-0.4, -0.2) is 43.2 Å². The quantitative estimate of drug-likeness (QED) is 0.565. The van der Waals surface area contributed by atoms with Gasteiger partial charge in [0.25, 0.3) is 5.91 Å². The Morgan fingerprint density at radius 2 is 2.12 bits per heavy atom. The maximum absolute atomic E-state index is 12.2. The molecule has 0 aliphatic carbocycles. The van der Waals surface area contributed by atoms with Gasteiger partial charge in [0.2, 0.25) is 0 Å². The van der Waals surface area contributed by atoms with E-state index < -0.39 is 18.4 Å². The first-order valence-electron chi connectivity index (χ1n) is 7.69. The third kappa shape index (κ3) is 3.77. The molecule has 1 amide bonds. The smallest absolute Gasteiger partial charge is 0.322 e. The first-order chi connectivity index (χ1) is 12.5. The molecule has 0 bridgehead atoms. The molecular weight excluding hydrogens is 356 g/mol. The van der Waals surface area contributed by atoms with Gasteiger partial charge < -0.3 is 15.5 Å². The second-order valence-electron chi connectivity index (χ2n) is 5.59. The van der Waals surface area contributed by atoms with E-state index in [0.717, 1.165) is 11.1 Å². The fourth-order valence-electron chi connectivity index (χ4n) is 2.46. The highest BCUT2D eigenvalue weighted by Crippen LogP contribution is 2.30. The van der Waals surface area contributed by atoms with Gasteiger partial charge in [0, 0.05) is 11.8 Å². The number of carboxylic acid groups (broad SMARTS) is 1.